The predicted octanol–water partition coefficient (Wildman–Crippen LogP) is 5.70. The van der Waals surface area contributed by atoms with Crippen LogP contribution in [-0.2, 0) is 14.0 Å². The van der Waals surface area contributed by atoms with Crippen LogP contribution in [0.25, 0.3) is 0 Å². The molecule has 0 radical (unpaired) electrons. The topological polar surface area (TPSA) is 55.8 Å². The van der Waals surface area contributed by atoms with E-state index in [1.165, 1.54) is 5.57 Å². The van der Waals surface area contributed by atoms with Gasteiger partial charge in [-0.05, 0) is 65.6 Å². The summed E-state index contributed by atoms with van der Waals surface area (Å²) in [6.45, 7) is 21.8. The molecule has 3 rings (SSSR count). The summed E-state index contributed by atoms with van der Waals surface area (Å²) in [5, 5.41) is 0.121. The van der Waals surface area contributed by atoms with Gasteiger partial charge in [-0.15, -0.1) is 0 Å². The van der Waals surface area contributed by atoms with E-state index in [9.17, 15) is 9.59 Å². The fraction of sp³-hybridized carbons (Fsp3) is 0.833. The second kappa shape index (κ2) is 6.93. The molecule has 1 amide bonds. The Morgan fingerprint density at radius 1 is 1.13 bits per heavy atom. The molecule has 2 saturated carbocycles. The van der Waals surface area contributed by atoms with Crippen LogP contribution >= 0.6 is 0 Å². The highest BCUT2D eigenvalue weighted by molar-refractivity contribution is 6.74. The molecule has 3 atom stereocenters. The third-order valence-corrected chi connectivity index (χ3v) is 12.2. The Balaban J connectivity index is 1.88. The predicted molar refractivity (Wildman–Crippen MR) is 122 cm³/mol. The first kappa shape index (κ1) is 23.5. The summed E-state index contributed by atoms with van der Waals surface area (Å²) < 4.78 is 12.4. The van der Waals surface area contributed by atoms with E-state index in [2.05, 4.69) is 53.8 Å². The number of carbonyl (C=O) groups is 2. The summed E-state index contributed by atoms with van der Waals surface area (Å²) in [5.41, 5.74) is -0.164. The molecule has 1 saturated heterocycles. The molecule has 1 aliphatic heterocycles. The number of rotatable bonds is 3. The summed E-state index contributed by atoms with van der Waals surface area (Å²) >= 11 is 0. The Hall–Kier alpha value is -1.14. The standard InChI is InChI=1S/C24H41NO4Si/c1-21(2,3)28-20(27)25-14-12-17-16(19-18(26)11-13-24(17,19)25)15-23(7,8)29-30(9,10)22(4,5)6/h15,17,19H,11-14H2,1-10H3/b16-15+/t17-,19+,24-/m1/s1. The van der Waals surface area contributed by atoms with Crippen molar-refractivity contribution in [2.45, 2.75) is 110 Å². The van der Waals surface area contributed by atoms with Gasteiger partial charge in [0.25, 0.3) is 0 Å². The van der Waals surface area contributed by atoms with E-state index in [-0.39, 0.29) is 34.3 Å². The normalized spacial score (nSPS) is 30.9. The van der Waals surface area contributed by atoms with Gasteiger partial charge in [-0.2, -0.15) is 0 Å². The third-order valence-electron chi connectivity index (χ3n) is 7.53. The highest BCUT2D eigenvalue weighted by Gasteiger charge is 2.71. The molecule has 0 aromatic heterocycles. The molecule has 30 heavy (non-hydrogen) atoms. The Morgan fingerprint density at radius 3 is 2.27 bits per heavy atom. The van der Waals surface area contributed by atoms with Crippen LogP contribution in [0.5, 0.6) is 0 Å². The lowest BCUT2D eigenvalue weighted by atomic mass is 9.56. The van der Waals surface area contributed by atoms with E-state index in [0.717, 1.165) is 12.8 Å². The second-order valence-corrected chi connectivity index (χ2v) is 17.2. The molecule has 170 valence electrons. The van der Waals surface area contributed by atoms with Gasteiger partial charge in [0.2, 0.25) is 0 Å². The number of nitrogens with zero attached hydrogens (tertiary/aromatic N) is 1. The van der Waals surface area contributed by atoms with Crippen molar-refractivity contribution in [1.82, 2.24) is 4.90 Å². The van der Waals surface area contributed by atoms with Crippen LogP contribution in [0, 0.1) is 11.8 Å². The van der Waals surface area contributed by atoms with Crippen LogP contribution in [0.15, 0.2) is 11.6 Å². The average molecular weight is 436 g/mol. The lowest BCUT2D eigenvalue weighted by molar-refractivity contribution is -0.124. The van der Waals surface area contributed by atoms with E-state index in [1.54, 1.807) is 0 Å². The van der Waals surface area contributed by atoms with E-state index in [0.29, 0.717) is 13.0 Å². The van der Waals surface area contributed by atoms with Crippen molar-refractivity contribution in [3.8, 4) is 0 Å². The Labute approximate surface area is 183 Å². The molecule has 0 aromatic carbocycles. The maximum atomic E-state index is 12.9. The van der Waals surface area contributed by atoms with Crippen LogP contribution in [0.1, 0.15) is 74.7 Å². The molecular formula is C24H41NO4Si. The molecule has 2 aliphatic carbocycles. The van der Waals surface area contributed by atoms with Gasteiger partial charge in [-0.1, -0.05) is 32.4 Å². The molecule has 0 unspecified atom stereocenters. The number of Topliss-reactive ketones (excluding diaryl/α,β-unsaturated/α-hetero) is 1. The molecule has 0 aromatic rings. The number of amides is 1. The molecule has 0 N–H and O–H groups in total. The van der Waals surface area contributed by atoms with Crippen molar-refractivity contribution in [2.24, 2.45) is 11.8 Å². The maximum Gasteiger partial charge on any atom is 0.410 e. The number of carbonyl (C=O) groups excluding carboxylic acids is 2. The van der Waals surface area contributed by atoms with Crippen LogP contribution in [0.4, 0.5) is 4.79 Å². The van der Waals surface area contributed by atoms with Crippen LogP contribution in [0.2, 0.25) is 18.1 Å². The molecule has 0 bridgehead atoms. The lowest BCUT2D eigenvalue weighted by Crippen LogP contribution is -2.63. The monoisotopic (exact) mass is 435 g/mol. The molecule has 5 nitrogen and oxygen atoms in total. The minimum atomic E-state index is -1.95. The van der Waals surface area contributed by atoms with Crippen molar-refractivity contribution in [1.29, 1.82) is 0 Å². The zero-order valence-corrected chi connectivity index (χ0v) is 21.6. The molecule has 3 aliphatic rings. The smallest absolute Gasteiger partial charge is 0.410 e. The first-order chi connectivity index (χ1) is 13.4. The number of hydrogen-bond acceptors (Lipinski definition) is 4. The minimum Gasteiger partial charge on any atom is -0.444 e. The number of ether oxygens (including phenoxy) is 1. The van der Waals surface area contributed by atoms with E-state index in [1.807, 2.05) is 25.7 Å². The zero-order valence-electron chi connectivity index (χ0n) is 20.6. The molecule has 6 heteroatoms. The van der Waals surface area contributed by atoms with Gasteiger partial charge in [0.1, 0.15) is 11.4 Å². The minimum absolute atomic E-state index is 0.121. The average Bonchev–Trinajstić information content (AvgIpc) is 2.97. The van der Waals surface area contributed by atoms with Crippen molar-refractivity contribution in [3.63, 3.8) is 0 Å². The zero-order chi connectivity index (χ0) is 22.9. The van der Waals surface area contributed by atoms with Gasteiger partial charge in [-0.3, -0.25) is 4.79 Å². The van der Waals surface area contributed by atoms with Crippen LogP contribution in [0.3, 0.4) is 0 Å². The number of ketones is 1. The highest BCUT2D eigenvalue weighted by Crippen LogP contribution is 2.64. The van der Waals surface area contributed by atoms with Gasteiger partial charge in [0.05, 0.1) is 17.1 Å². The Bertz CT molecular complexity index is 771. The molecule has 1 heterocycles. The van der Waals surface area contributed by atoms with E-state index >= 15 is 0 Å². The molecular weight excluding hydrogens is 394 g/mol. The Kier molecular flexibility index (Phi) is 5.43. The van der Waals surface area contributed by atoms with E-state index in [4.69, 9.17) is 9.16 Å². The number of likely N-dealkylation sites (tertiary alicyclic amines) is 1. The summed E-state index contributed by atoms with van der Waals surface area (Å²) in [7, 11) is -1.95. The van der Waals surface area contributed by atoms with Gasteiger partial charge in [0, 0.05) is 18.9 Å². The second-order valence-electron chi connectivity index (χ2n) is 12.5. The van der Waals surface area contributed by atoms with Crippen molar-refractivity contribution in [3.05, 3.63) is 11.6 Å². The fourth-order valence-corrected chi connectivity index (χ4v) is 7.18. The summed E-state index contributed by atoms with van der Waals surface area (Å²) in [5.74, 6) is 0.305. The maximum absolute atomic E-state index is 12.9. The first-order valence-electron chi connectivity index (χ1n) is 11.4. The van der Waals surface area contributed by atoms with Crippen LogP contribution in [-0.4, -0.2) is 48.4 Å². The Morgan fingerprint density at radius 2 is 1.73 bits per heavy atom. The van der Waals surface area contributed by atoms with E-state index < -0.39 is 19.5 Å². The van der Waals surface area contributed by atoms with Gasteiger partial charge in [-0.25, -0.2) is 4.79 Å². The first-order valence-corrected chi connectivity index (χ1v) is 14.3. The summed E-state index contributed by atoms with van der Waals surface area (Å²) in [6.07, 6.45) is 4.12. The SMILES string of the molecule is CC(C)(C)OC(=O)N1CC[C@@H]2/C(=C\C(C)(C)O[Si](C)(C)C(C)(C)C)[C@H]3C(=O)CC[C@@]231. The van der Waals surface area contributed by atoms with Crippen molar-refractivity contribution in [2.75, 3.05) is 6.54 Å². The lowest BCUT2D eigenvalue weighted by Gasteiger charge is -2.54. The summed E-state index contributed by atoms with van der Waals surface area (Å²) in [4.78, 5) is 27.7. The third kappa shape index (κ3) is 3.79. The van der Waals surface area contributed by atoms with Crippen LogP contribution < -0.4 is 0 Å². The fourth-order valence-electron chi connectivity index (χ4n) is 5.50. The molecule has 3 fully saturated rings. The van der Waals surface area contributed by atoms with Gasteiger partial charge < -0.3 is 14.1 Å². The van der Waals surface area contributed by atoms with Crippen molar-refractivity contribution >= 4 is 20.2 Å². The van der Waals surface area contributed by atoms with Gasteiger partial charge in [0.15, 0.2) is 8.32 Å². The summed E-state index contributed by atoms with van der Waals surface area (Å²) in [6, 6.07) is 0. The van der Waals surface area contributed by atoms with Gasteiger partial charge >= 0.3 is 6.09 Å². The quantitative estimate of drug-likeness (QED) is 0.421. The number of hydrogen-bond donors (Lipinski definition) is 0. The highest BCUT2D eigenvalue weighted by atomic mass is 28.4. The van der Waals surface area contributed by atoms with Crippen molar-refractivity contribution < 1.29 is 18.8 Å². The molecule has 1 spiro atoms. The largest absolute Gasteiger partial charge is 0.444 e.